The zero-order valence-electron chi connectivity index (χ0n) is 7.94. The minimum atomic E-state index is 0.669. The predicted octanol–water partition coefficient (Wildman–Crippen LogP) is 1.40. The molecule has 13 heavy (non-hydrogen) atoms. The van der Waals surface area contributed by atoms with E-state index in [9.17, 15) is 0 Å². The molecular weight excluding hydrogens is 164 g/mol. The van der Waals surface area contributed by atoms with Crippen LogP contribution in [-0.2, 0) is 4.74 Å². The van der Waals surface area contributed by atoms with Gasteiger partial charge in [-0.2, -0.15) is 0 Å². The summed E-state index contributed by atoms with van der Waals surface area (Å²) in [6.07, 6.45) is 0. The zero-order valence-corrected chi connectivity index (χ0v) is 7.94. The molecule has 0 fully saturated rings. The summed E-state index contributed by atoms with van der Waals surface area (Å²) in [7, 11) is 0. The molecule has 0 aromatic heterocycles. The van der Waals surface area contributed by atoms with E-state index in [4.69, 9.17) is 10.6 Å². The Hall–Kier alpha value is -1.06. The van der Waals surface area contributed by atoms with Crippen molar-refractivity contribution in [3.8, 4) is 0 Å². The number of nitrogens with zero attached hydrogens (tertiary/aromatic N) is 1. The summed E-state index contributed by atoms with van der Waals surface area (Å²) in [5, 5.41) is 1.69. The molecule has 0 unspecified atom stereocenters. The summed E-state index contributed by atoms with van der Waals surface area (Å²) < 4.78 is 5.20. The van der Waals surface area contributed by atoms with Crippen LogP contribution in [0.15, 0.2) is 30.3 Å². The van der Waals surface area contributed by atoms with E-state index >= 15 is 0 Å². The smallest absolute Gasteiger partial charge is 0.0657 e. The second kappa shape index (κ2) is 5.56. The van der Waals surface area contributed by atoms with Crippen molar-refractivity contribution in [3.63, 3.8) is 0 Å². The molecule has 0 aliphatic rings. The quantitative estimate of drug-likeness (QED) is 0.423. The normalized spacial score (nSPS) is 10.0. The molecule has 1 aromatic rings. The topological polar surface area (TPSA) is 38.5 Å². The number of hydrogen-bond donors (Lipinski definition) is 1. The molecule has 3 nitrogen and oxygen atoms in total. The van der Waals surface area contributed by atoms with Crippen LogP contribution >= 0.6 is 0 Å². The first-order valence-corrected chi connectivity index (χ1v) is 4.49. The fourth-order valence-electron chi connectivity index (χ4n) is 1.06. The van der Waals surface area contributed by atoms with Crippen LogP contribution in [0.4, 0.5) is 5.69 Å². The van der Waals surface area contributed by atoms with Gasteiger partial charge in [-0.05, 0) is 19.1 Å². The van der Waals surface area contributed by atoms with E-state index < -0.39 is 0 Å². The molecule has 0 spiro atoms. The molecule has 0 amide bonds. The molecule has 0 radical (unpaired) electrons. The van der Waals surface area contributed by atoms with Crippen molar-refractivity contribution in [2.24, 2.45) is 5.84 Å². The first-order chi connectivity index (χ1) is 6.34. The first kappa shape index (κ1) is 10.0. The lowest BCUT2D eigenvalue weighted by atomic mass is 10.3. The highest BCUT2D eigenvalue weighted by atomic mass is 16.5. The van der Waals surface area contributed by atoms with Crippen molar-refractivity contribution in [2.75, 3.05) is 24.8 Å². The van der Waals surface area contributed by atoms with Gasteiger partial charge in [-0.25, -0.2) is 5.84 Å². The lowest BCUT2D eigenvalue weighted by Gasteiger charge is -2.17. The molecule has 0 atom stereocenters. The fourth-order valence-corrected chi connectivity index (χ4v) is 1.06. The van der Waals surface area contributed by atoms with Gasteiger partial charge < -0.3 is 9.75 Å². The summed E-state index contributed by atoms with van der Waals surface area (Å²) in [5.41, 5.74) is 1.02. The molecule has 0 bridgehead atoms. The maximum atomic E-state index is 5.79. The van der Waals surface area contributed by atoms with Crippen LogP contribution in [-0.4, -0.2) is 19.8 Å². The molecule has 0 saturated heterocycles. The summed E-state index contributed by atoms with van der Waals surface area (Å²) >= 11 is 0. The summed E-state index contributed by atoms with van der Waals surface area (Å²) in [6.45, 7) is 4.10. The van der Waals surface area contributed by atoms with E-state index in [1.54, 1.807) is 5.01 Å². The SMILES string of the molecule is CCOCCN(N)c1ccccc1. The van der Waals surface area contributed by atoms with Gasteiger partial charge in [0.25, 0.3) is 0 Å². The third kappa shape index (κ3) is 3.44. The van der Waals surface area contributed by atoms with Gasteiger partial charge in [0.1, 0.15) is 0 Å². The Morgan fingerprint density at radius 3 is 2.62 bits per heavy atom. The lowest BCUT2D eigenvalue weighted by Crippen LogP contribution is -2.34. The van der Waals surface area contributed by atoms with Crippen LogP contribution in [0.1, 0.15) is 6.92 Å². The molecule has 1 aromatic carbocycles. The highest BCUT2D eigenvalue weighted by molar-refractivity contribution is 5.43. The number of para-hydroxylation sites is 1. The van der Waals surface area contributed by atoms with E-state index in [2.05, 4.69) is 0 Å². The Morgan fingerprint density at radius 1 is 1.31 bits per heavy atom. The van der Waals surface area contributed by atoms with E-state index in [1.165, 1.54) is 0 Å². The lowest BCUT2D eigenvalue weighted by molar-refractivity contribution is 0.154. The van der Waals surface area contributed by atoms with Crippen molar-refractivity contribution in [3.05, 3.63) is 30.3 Å². The number of benzene rings is 1. The van der Waals surface area contributed by atoms with Gasteiger partial charge in [0.05, 0.1) is 18.8 Å². The number of anilines is 1. The van der Waals surface area contributed by atoms with Crippen molar-refractivity contribution in [1.29, 1.82) is 0 Å². The molecule has 3 heteroatoms. The standard InChI is InChI=1S/C10H16N2O/c1-2-13-9-8-12(11)10-6-4-3-5-7-10/h3-7H,2,8-9,11H2,1H3. The van der Waals surface area contributed by atoms with Gasteiger partial charge in [0.2, 0.25) is 0 Å². The Balaban J connectivity index is 2.35. The van der Waals surface area contributed by atoms with Crippen LogP contribution in [0.5, 0.6) is 0 Å². The maximum Gasteiger partial charge on any atom is 0.0657 e. The van der Waals surface area contributed by atoms with Gasteiger partial charge >= 0.3 is 0 Å². The molecule has 0 aliphatic carbocycles. The van der Waals surface area contributed by atoms with Crippen LogP contribution in [0.25, 0.3) is 0 Å². The summed E-state index contributed by atoms with van der Waals surface area (Å²) in [4.78, 5) is 0. The first-order valence-electron chi connectivity index (χ1n) is 4.49. The van der Waals surface area contributed by atoms with Crippen LogP contribution in [0.2, 0.25) is 0 Å². The Morgan fingerprint density at radius 2 is 2.00 bits per heavy atom. The third-order valence-electron chi connectivity index (χ3n) is 1.77. The second-order valence-electron chi connectivity index (χ2n) is 2.73. The van der Waals surface area contributed by atoms with Gasteiger partial charge in [-0.1, -0.05) is 18.2 Å². The number of nitrogens with two attached hydrogens (primary N) is 1. The van der Waals surface area contributed by atoms with E-state index in [0.29, 0.717) is 6.61 Å². The van der Waals surface area contributed by atoms with Gasteiger partial charge in [-0.15, -0.1) is 0 Å². The molecule has 0 heterocycles. The third-order valence-corrected chi connectivity index (χ3v) is 1.77. The molecule has 72 valence electrons. The van der Waals surface area contributed by atoms with E-state index in [0.717, 1.165) is 18.8 Å². The van der Waals surface area contributed by atoms with Crippen molar-refractivity contribution in [2.45, 2.75) is 6.92 Å². The van der Waals surface area contributed by atoms with Crippen molar-refractivity contribution >= 4 is 5.69 Å². The number of hydrogen-bond acceptors (Lipinski definition) is 3. The Bertz CT molecular complexity index is 226. The average Bonchev–Trinajstić information content (AvgIpc) is 2.19. The zero-order chi connectivity index (χ0) is 9.52. The number of hydrazine groups is 1. The molecule has 2 N–H and O–H groups in total. The van der Waals surface area contributed by atoms with Gasteiger partial charge in [-0.3, -0.25) is 0 Å². The predicted molar refractivity (Wildman–Crippen MR) is 54.5 cm³/mol. The Kier molecular flexibility index (Phi) is 4.29. The Labute approximate surface area is 79.1 Å². The number of rotatable bonds is 5. The second-order valence-corrected chi connectivity index (χ2v) is 2.73. The van der Waals surface area contributed by atoms with E-state index in [-0.39, 0.29) is 0 Å². The number of ether oxygens (including phenoxy) is 1. The van der Waals surface area contributed by atoms with Crippen LogP contribution in [0.3, 0.4) is 0 Å². The van der Waals surface area contributed by atoms with Crippen molar-refractivity contribution in [1.82, 2.24) is 0 Å². The fraction of sp³-hybridized carbons (Fsp3) is 0.400. The molecule has 0 saturated carbocycles. The highest BCUT2D eigenvalue weighted by Crippen LogP contribution is 2.08. The summed E-state index contributed by atoms with van der Waals surface area (Å²) in [6, 6.07) is 9.86. The highest BCUT2D eigenvalue weighted by Gasteiger charge is 1.98. The summed E-state index contributed by atoms with van der Waals surface area (Å²) in [5.74, 6) is 5.79. The minimum Gasteiger partial charge on any atom is -0.380 e. The van der Waals surface area contributed by atoms with E-state index in [1.807, 2.05) is 37.3 Å². The molecule has 1 rings (SSSR count). The average molecular weight is 180 g/mol. The van der Waals surface area contributed by atoms with Crippen LogP contribution < -0.4 is 10.9 Å². The molecular formula is C10H16N2O. The molecule has 0 aliphatic heterocycles. The van der Waals surface area contributed by atoms with Gasteiger partial charge in [0, 0.05) is 6.61 Å². The largest absolute Gasteiger partial charge is 0.380 e. The minimum absolute atomic E-state index is 0.669. The maximum absolute atomic E-state index is 5.79. The van der Waals surface area contributed by atoms with Gasteiger partial charge in [0.15, 0.2) is 0 Å². The monoisotopic (exact) mass is 180 g/mol. The van der Waals surface area contributed by atoms with Crippen molar-refractivity contribution < 1.29 is 4.74 Å². The van der Waals surface area contributed by atoms with Crippen LogP contribution in [0, 0.1) is 0 Å².